The number of hydrogen-bond acceptors (Lipinski definition) is 3. The predicted molar refractivity (Wildman–Crippen MR) is 74.5 cm³/mol. The van der Waals surface area contributed by atoms with Crippen LogP contribution in [0.15, 0.2) is 48.5 Å². The van der Waals surface area contributed by atoms with Gasteiger partial charge in [0.15, 0.2) is 12.4 Å². The van der Waals surface area contributed by atoms with Gasteiger partial charge in [-0.1, -0.05) is 23.7 Å². The van der Waals surface area contributed by atoms with Gasteiger partial charge in [-0.15, -0.1) is 0 Å². The van der Waals surface area contributed by atoms with Gasteiger partial charge in [0.25, 0.3) is 0 Å². The highest BCUT2D eigenvalue weighted by atomic mass is 35.5. The number of ketones is 1. The fourth-order valence-electron chi connectivity index (χ4n) is 1.65. The van der Waals surface area contributed by atoms with E-state index in [1.165, 1.54) is 0 Å². The Morgan fingerprint density at radius 1 is 1.05 bits per heavy atom. The van der Waals surface area contributed by atoms with Gasteiger partial charge < -0.3 is 9.84 Å². The molecule has 1 N–H and O–H groups in total. The van der Waals surface area contributed by atoms with Gasteiger partial charge in [-0.3, -0.25) is 4.79 Å². The van der Waals surface area contributed by atoms with Crippen LogP contribution in [-0.4, -0.2) is 23.5 Å². The zero-order chi connectivity index (χ0) is 14.5. The fourth-order valence-corrected chi connectivity index (χ4v) is 1.87. The SMILES string of the molecule is O=C(O)COc1ccc(C(=O)c2ccccc2Cl)cc1. The van der Waals surface area contributed by atoms with Crippen molar-refractivity contribution in [3.63, 3.8) is 0 Å². The second kappa shape index (κ2) is 6.21. The van der Waals surface area contributed by atoms with Crippen molar-refractivity contribution in [2.24, 2.45) is 0 Å². The van der Waals surface area contributed by atoms with Crippen LogP contribution in [0.5, 0.6) is 5.75 Å². The first-order chi connectivity index (χ1) is 9.58. The second-order valence-corrected chi connectivity index (χ2v) is 4.42. The summed E-state index contributed by atoms with van der Waals surface area (Å²) in [5.74, 6) is -0.857. The Kier molecular flexibility index (Phi) is 4.38. The molecule has 2 aromatic rings. The molecule has 0 saturated carbocycles. The Morgan fingerprint density at radius 3 is 2.30 bits per heavy atom. The van der Waals surface area contributed by atoms with Crippen LogP contribution in [0.2, 0.25) is 5.02 Å². The molecule has 2 rings (SSSR count). The Hall–Kier alpha value is -2.33. The summed E-state index contributed by atoms with van der Waals surface area (Å²) in [6.07, 6.45) is 0. The van der Waals surface area contributed by atoms with Gasteiger partial charge >= 0.3 is 5.97 Å². The minimum Gasteiger partial charge on any atom is -0.482 e. The molecule has 5 heteroatoms. The van der Waals surface area contributed by atoms with Gasteiger partial charge in [0.2, 0.25) is 0 Å². The standard InChI is InChI=1S/C15H11ClO4/c16-13-4-2-1-3-12(13)15(19)10-5-7-11(8-6-10)20-9-14(17)18/h1-8H,9H2,(H,17,18). The number of carboxylic acid groups (broad SMARTS) is 1. The highest BCUT2D eigenvalue weighted by Crippen LogP contribution is 2.20. The van der Waals surface area contributed by atoms with Crippen LogP contribution in [-0.2, 0) is 4.79 Å². The summed E-state index contributed by atoms with van der Waals surface area (Å²) in [6, 6.07) is 13.0. The molecule has 0 atom stereocenters. The number of carbonyl (C=O) groups excluding carboxylic acids is 1. The summed E-state index contributed by atoms with van der Waals surface area (Å²) in [7, 11) is 0. The molecule has 0 bridgehead atoms. The third-order valence-electron chi connectivity index (χ3n) is 2.60. The van der Waals surface area contributed by atoms with E-state index in [-0.39, 0.29) is 5.78 Å². The molecular formula is C15H11ClO4. The summed E-state index contributed by atoms with van der Waals surface area (Å²) in [5.41, 5.74) is 0.883. The lowest BCUT2D eigenvalue weighted by atomic mass is 10.0. The highest BCUT2D eigenvalue weighted by molar-refractivity contribution is 6.34. The number of ether oxygens (including phenoxy) is 1. The van der Waals surface area contributed by atoms with E-state index in [0.717, 1.165) is 0 Å². The van der Waals surface area contributed by atoms with E-state index < -0.39 is 12.6 Å². The molecule has 20 heavy (non-hydrogen) atoms. The highest BCUT2D eigenvalue weighted by Gasteiger charge is 2.12. The van der Waals surface area contributed by atoms with Crippen LogP contribution < -0.4 is 4.74 Å². The van der Waals surface area contributed by atoms with E-state index in [9.17, 15) is 9.59 Å². The largest absolute Gasteiger partial charge is 0.482 e. The first-order valence-corrected chi connectivity index (χ1v) is 6.19. The van der Waals surface area contributed by atoms with Crippen molar-refractivity contribution in [1.29, 1.82) is 0 Å². The third kappa shape index (κ3) is 3.36. The molecule has 2 aromatic carbocycles. The molecule has 0 spiro atoms. The number of benzene rings is 2. The van der Waals surface area contributed by atoms with Crippen molar-refractivity contribution >= 4 is 23.4 Å². The maximum absolute atomic E-state index is 12.2. The van der Waals surface area contributed by atoms with Gasteiger partial charge in [-0.2, -0.15) is 0 Å². The lowest BCUT2D eigenvalue weighted by Crippen LogP contribution is -2.09. The number of carbonyl (C=O) groups is 2. The van der Waals surface area contributed by atoms with Crippen molar-refractivity contribution in [2.75, 3.05) is 6.61 Å². The number of rotatable bonds is 5. The molecule has 0 heterocycles. The van der Waals surface area contributed by atoms with Crippen LogP contribution in [0, 0.1) is 0 Å². The second-order valence-electron chi connectivity index (χ2n) is 4.02. The molecule has 102 valence electrons. The monoisotopic (exact) mass is 290 g/mol. The van der Waals surface area contributed by atoms with Crippen LogP contribution in [0.3, 0.4) is 0 Å². The van der Waals surface area contributed by atoms with Crippen molar-refractivity contribution < 1.29 is 19.4 Å². The molecule has 0 aromatic heterocycles. The topological polar surface area (TPSA) is 63.6 Å². The van der Waals surface area contributed by atoms with Crippen molar-refractivity contribution in [2.45, 2.75) is 0 Å². The third-order valence-corrected chi connectivity index (χ3v) is 2.93. The smallest absolute Gasteiger partial charge is 0.341 e. The molecule has 0 aliphatic heterocycles. The summed E-state index contributed by atoms with van der Waals surface area (Å²) in [4.78, 5) is 22.6. The number of hydrogen-bond donors (Lipinski definition) is 1. The van der Waals surface area contributed by atoms with Crippen LogP contribution >= 0.6 is 11.6 Å². The molecule has 0 unspecified atom stereocenters. The molecule has 0 aliphatic rings. The number of carboxylic acids is 1. The summed E-state index contributed by atoms with van der Waals surface area (Å²) >= 11 is 5.97. The molecule has 0 aliphatic carbocycles. The number of halogens is 1. The van der Waals surface area contributed by atoms with E-state index >= 15 is 0 Å². The van der Waals surface area contributed by atoms with E-state index in [1.54, 1.807) is 48.5 Å². The Labute approximate surface area is 120 Å². The van der Waals surface area contributed by atoms with Gasteiger partial charge in [-0.25, -0.2) is 4.79 Å². The molecular weight excluding hydrogens is 280 g/mol. The first-order valence-electron chi connectivity index (χ1n) is 5.82. The Morgan fingerprint density at radius 2 is 1.70 bits per heavy atom. The molecule has 0 radical (unpaired) electrons. The van der Waals surface area contributed by atoms with E-state index in [1.807, 2.05) is 0 Å². The van der Waals surface area contributed by atoms with Crippen molar-refractivity contribution in [3.8, 4) is 5.75 Å². The van der Waals surface area contributed by atoms with Gasteiger partial charge in [0.05, 0.1) is 5.02 Å². The maximum atomic E-state index is 12.2. The van der Waals surface area contributed by atoms with Gasteiger partial charge in [0.1, 0.15) is 5.75 Å². The van der Waals surface area contributed by atoms with Gasteiger partial charge in [-0.05, 0) is 36.4 Å². The molecule has 4 nitrogen and oxygen atoms in total. The number of aliphatic carboxylic acids is 1. The minimum atomic E-state index is -1.05. The fraction of sp³-hybridized carbons (Fsp3) is 0.0667. The molecule has 0 amide bonds. The zero-order valence-electron chi connectivity index (χ0n) is 10.4. The van der Waals surface area contributed by atoms with Crippen LogP contribution in [0.25, 0.3) is 0 Å². The lowest BCUT2D eigenvalue weighted by Gasteiger charge is -2.06. The normalized spacial score (nSPS) is 10.1. The predicted octanol–water partition coefficient (Wildman–Crippen LogP) is 3.03. The van der Waals surface area contributed by atoms with Crippen molar-refractivity contribution in [3.05, 3.63) is 64.7 Å². The molecule has 0 saturated heterocycles. The first kappa shape index (κ1) is 14.1. The average Bonchev–Trinajstić information content (AvgIpc) is 2.45. The summed E-state index contributed by atoms with van der Waals surface area (Å²) < 4.78 is 4.99. The molecule has 0 fully saturated rings. The Bertz CT molecular complexity index is 635. The lowest BCUT2D eigenvalue weighted by molar-refractivity contribution is -0.139. The Balaban J connectivity index is 2.16. The minimum absolute atomic E-state index is 0.194. The van der Waals surface area contributed by atoms with Crippen LogP contribution in [0.1, 0.15) is 15.9 Å². The van der Waals surface area contributed by atoms with Crippen LogP contribution in [0.4, 0.5) is 0 Å². The summed E-state index contributed by atoms with van der Waals surface area (Å²) in [5, 5.41) is 8.90. The summed E-state index contributed by atoms with van der Waals surface area (Å²) in [6.45, 7) is -0.419. The van der Waals surface area contributed by atoms with E-state index in [4.69, 9.17) is 21.4 Å². The maximum Gasteiger partial charge on any atom is 0.341 e. The van der Waals surface area contributed by atoms with E-state index in [2.05, 4.69) is 0 Å². The van der Waals surface area contributed by atoms with E-state index in [0.29, 0.717) is 21.9 Å². The zero-order valence-corrected chi connectivity index (χ0v) is 11.1. The average molecular weight is 291 g/mol. The van der Waals surface area contributed by atoms with Crippen molar-refractivity contribution in [1.82, 2.24) is 0 Å². The quantitative estimate of drug-likeness (QED) is 0.860. The van der Waals surface area contributed by atoms with Gasteiger partial charge in [0, 0.05) is 11.1 Å².